The largest absolute Gasteiger partial charge is 0.303 e. The van der Waals surface area contributed by atoms with Gasteiger partial charge in [-0.25, -0.2) is 0 Å². The lowest BCUT2D eigenvalue weighted by atomic mass is 10.1. The second kappa shape index (κ2) is 12.8. The summed E-state index contributed by atoms with van der Waals surface area (Å²) >= 11 is 0. The molecule has 0 amide bonds. The molecular formula is C15H31N. The molecule has 0 saturated heterocycles. The number of hydrogen-bond acceptors (Lipinski definition) is 1. The molecule has 0 saturated carbocycles. The van der Waals surface area contributed by atoms with Crippen molar-refractivity contribution in [3.8, 4) is 0 Å². The van der Waals surface area contributed by atoms with Crippen molar-refractivity contribution in [2.24, 2.45) is 0 Å². The molecule has 0 N–H and O–H groups in total. The highest BCUT2D eigenvalue weighted by Crippen LogP contribution is 2.05. The molecule has 0 aromatic rings. The van der Waals surface area contributed by atoms with E-state index < -0.39 is 0 Å². The highest BCUT2D eigenvalue weighted by Gasteiger charge is 2.01. The molecule has 0 aliphatic rings. The van der Waals surface area contributed by atoms with Gasteiger partial charge in [0.1, 0.15) is 0 Å². The summed E-state index contributed by atoms with van der Waals surface area (Å²) in [7, 11) is 0. The van der Waals surface area contributed by atoms with Gasteiger partial charge in [0.25, 0.3) is 0 Å². The molecule has 0 bridgehead atoms. The van der Waals surface area contributed by atoms with E-state index in [0.717, 1.165) is 0 Å². The lowest BCUT2D eigenvalue weighted by molar-refractivity contribution is 0.268. The number of rotatable bonds is 11. The third-order valence-electron chi connectivity index (χ3n) is 2.91. The molecule has 0 unspecified atom stereocenters. The topological polar surface area (TPSA) is 3.24 Å². The van der Waals surface area contributed by atoms with Crippen LogP contribution in [0.25, 0.3) is 0 Å². The van der Waals surface area contributed by atoms with Gasteiger partial charge in [0.05, 0.1) is 0 Å². The third kappa shape index (κ3) is 10.2. The van der Waals surface area contributed by atoms with Crippen LogP contribution < -0.4 is 0 Å². The number of hydrogen-bond donors (Lipinski definition) is 0. The molecule has 0 rings (SSSR count). The molecule has 0 aliphatic heterocycles. The van der Waals surface area contributed by atoms with Gasteiger partial charge in [-0.15, -0.1) is 0 Å². The van der Waals surface area contributed by atoms with Crippen molar-refractivity contribution in [1.82, 2.24) is 4.90 Å². The summed E-state index contributed by atoms with van der Waals surface area (Å²) < 4.78 is 0. The van der Waals surface area contributed by atoms with Crippen molar-refractivity contribution in [2.45, 2.75) is 65.7 Å². The monoisotopic (exact) mass is 225 g/mol. The molecule has 1 nitrogen and oxygen atoms in total. The molecule has 1 heteroatoms. The minimum absolute atomic E-state index is 1.27. The lowest BCUT2D eigenvalue weighted by Crippen LogP contribution is -2.26. The average molecular weight is 225 g/mol. The maximum Gasteiger partial charge on any atom is -0.00187 e. The minimum Gasteiger partial charge on any atom is -0.303 e. The number of allylic oxidation sites excluding steroid dienone is 2. The standard InChI is InChI=1S/C15H31N/c1-4-7-8-9-10-11-12-15-16(13-5-2)14-6-3/h4,7H,5-6,8-15H2,1-3H3. The Morgan fingerprint density at radius 3 is 2.00 bits per heavy atom. The molecule has 0 spiro atoms. The van der Waals surface area contributed by atoms with Crippen LogP contribution in [0.1, 0.15) is 65.7 Å². The van der Waals surface area contributed by atoms with Crippen LogP contribution in [0.5, 0.6) is 0 Å². The summed E-state index contributed by atoms with van der Waals surface area (Å²) in [6.07, 6.45) is 13.8. The van der Waals surface area contributed by atoms with E-state index >= 15 is 0 Å². The van der Waals surface area contributed by atoms with E-state index in [1.54, 1.807) is 0 Å². The van der Waals surface area contributed by atoms with Gasteiger partial charge >= 0.3 is 0 Å². The zero-order valence-electron chi connectivity index (χ0n) is 11.7. The fourth-order valence-electron chi connectivity index (χ4n) is 2.09. The summed E-state index contributed by atoms with van der Waals surface area (Å²) in [5.41, 5.74) is 0. The van der Waals surface area contributed by atoms with Crippen molar-refractivity contribution in [2.75, 3.05) is 19.6 Å². The number of nitrogens with zero attached hydrogens (tertiary/aromatic N) is 1. The van der Waals surface area contributed by atoms with Crippen LogP contribution in [0.15, 0.2) is 12.2 Å². The Balaban J connectivity index is 3.32. The van der Waals surface area contributed by atoms with Crippen LogP contribution in [-0.2, 0) is 0 Å². The minimum atomic E-state index is 1.27. The Kier molecular flexibility index (Phi) is 12.5. The molecule has 0 aromatic heterocycles. The first-order valence-corrected chi connectivity index (χ1v) is 7.18. The summed E-state index contributed by atoms with van der Waals surface area (Å²) in [6.45, 7) is 10.5. The van der Waals surface area contributed by atoms with Gasteiger partial charge in [-0.05, 0) is 58.7 Å². The fourth-order valence-corrected chi connectivity index (χ4v) is 2.09. The average Bonchev–Trinajstić information content (AvgIpc) is 2.28. The van der Waals surface area contributed by atoms with E-state index in [4.69, 9.17) is 0 Å². The van der Waals surface area contributed by atoms with Crippen molar-refractivity contribution in [3.63, 3.8) is 0 Å². The van der Waals surface area contributed by atoms with E-state index in [-0.39, 0.29) is 0 Å². The summed E-state index contributed by atoms with van der Waals surface area (Å²) in [5.74, 6) is 0. The van der Waals surface area contributed by atoms with Gasteiger partial charge in [0, 0.05) is 0 Å². The maximum atomic E-state index is 2.62. The van der Waals surface area contributed by atoms with Gasteiger partial charge in [-0.3, -0.25) is 0 Å². The van der Waals surface area contributed by atoms with Gasteiger partial charge in [0.2, 0.25) is 0 Å². The molecule has 0 radical (unpaired) electrons. The molecule has 0 aromatic carbocycles. The molecule has 0 fully saturated rings. The normalized spacial score (nSPS) is 11.8. The van der Waals surface area contributed by atoms with Gasteiger partial charge < -0.3 is 4.90 Å². The highest BCUT2D eigenvalue weighted by atomic mass is 15.1. The first-order chi connectivity index (χ1) is 7.85. The first kappa shape index (κ1) is 15.7. The first-order valence-electron chi connectivity index (χ1n) is 7.18. The Morgan fingerprint density at radius 1 is 0.812 bits per heavy atom. The molecule has 0 atom stereocenters. The predicted octanol–water partition coefficient (Wildman–Crippen LogP) is 4.64. The van der Waals surface area contributed by atoms with Crippen molar-refractivity contribution in [3.05, 3.63) is 12.2 Å². The fraction of sp³-hybridized carbons (Fsp3) is 0.867. The number of unbranched alkanes of at least 4 members (excludes halogenated alkanes) is 4. The van der Waals surface area contributed by atoms with Crippen LogP contribution in [0.3, 0.4) is 0 Å². The van der Waals surface area contributed by atoms with Gasteiger partial charge in [-0.2, -0.15) is 0 Å². The predicted molar refractivity (Wildman–Crippen MR) is 74.9 cm³/mol. The van der Waals surface area contributed by atoms with Crippen LogP contribution >= 0.6 is 0 Å². The Morgan fingerprint density at radius 2 is 1.44 bits per heavy atom. The molecule has 0 aliphatic carbocycles. The molecule has 16 heavy (non-hydrogen) atoms. The molecular weight excluding hydrogens is 194 g/mol. The van der Waals surface area contributed by atoms with E-state index in [0.29, 0.717) is 0 Å². The third-order valence-corrected chi connectivity index (χ3v) is 2.91. The van der Waals surface area contributed by atoms with Crippen LogP contribution in [-0.4, -0.2) is 24.5 Å². The van der Waals surface area contributed by atoms with Crippen molar-refractivity contribution in [1.29, 1.82) is 0 Å². The van der Waals surface area contributed by atoms with Crippen molar-refractivity contribution >= 4 is 0 Å². The second-order valence-corrected chi connectivity index (χ2v) is 4.61. The van der Waals surface area contributed by atoms with E-state index in [2.05, 4.69) is 37.8 Å². The van der Waals surface area contributed by atoms with Crippen LogP contribution in [0.4, 0.5) is 0 Å². The summed E-state index contributed by atoms with van der Waals surface area (Å²) in [6, 6.07) is 0. The van der Waals surface area contributed by atoms with Crippen LogP contribution in [0.2, 0.25) is 0 Å². The van der Waals surface area contributed by atoms with E-state index in [1.165, 1.54) is 64.6 Å². The van der Waals surface area contributed by atoms with Gasteiger partial charge in [-0.1, -0.05) is 38.8 Å². The molecule has 96 valence electrons. The second-order valence-electron chi connectivity index (χ2n) is 4.61. The van der Waals surface area contributed by atoms with Crippen molar-refractivity contribution < 1.29 is 0 Å². The maximum absolute atomic E-state index is 2.62. The quantitative estimate of drug-likeness (QED) is 0.366. The smallest absolute Gasteiger partial charge is 0.00187 e. The Labute approximate surface area is 103 Å². The summed E-state index contributed by atoms with van der Waals surface area (Å²) in [5, 5.41) is 0. The SMILES string of the molecule is CC=CCCCCCCN(CCC)CCC. The zero-order chi connectivity index (χ0) is 12.1. The molecule has 0 heterocycles. The lowest BCUT2D eigenvalue weighted by Gasteiger charge is -2.20. The van der Waals surface area contributed by atoms with E-state index in [9.17, 15) is 0 Å². The summed E-state index contributed by atoms with van der Waals surface area (Å²) in [4.78, 5) is 2.62. The zero-order valence-corrected chi connectivity index (χ0v) is 11.7. The Hall–Kier alpha value is -0.300. The van der Waals surface area contributed by atoms with Gasteiger partial charge in [0.15, 0.2) is 0 Å². The van der Waals surface area contributed by atoms with Crippen LogP contribution in [0, 0.1) is 0 Å². The Bertz CT molecular complexity index is 146. The highest BCUT2D eigenvalue weighted by molar-refractivity contribution is 4.76. The van der Waals surface area contributed by atoms with E-state index in [1.807, 2.05) is 0 Å².